The number of aryl methyl sites for hydroxylation is 1. The third kappa shape index (κ3) is 2.43. The quantitative estimate of drug-likeness (QED) is 0.822. The van der Waals surface area contributed by atoms with Crippen LogP contribution in [0.1, 0.15) is 29.5 Å². The van der Waals surface area contributed by atoms with Crippen LogP contribution in [0.5, 0.6) is 11.5 Å². The third-order valence-electron chi connectivity index (χ3n) is 3.73. The van der Waals surface area contributed by atoms with Crippen LogP contribution in [0, 0.1) is 6.92 Å². The highest BCUT2D eigenvalue weighted by Crippen LogP contribution is 2.36. The average Bonchev–Trinajstić information content (AvgIpc) is 2.87. The van der Waals surface area contributed by atoms with Gasteiger partial charge in [0.25, 0.3) is 0 Å². The Morgan fingerprint density at radius 1 is 1.05 bits per heavy atom. The lowest BCUT2D eigenvalue weighted by Gasteiger charge is -2.14. The fourth-order valence-corrected chi connectivity index (χ4v) is 2.53. The van der Waals surface area contributed by atoms with Gasteiger partial charge in [-0.2, -0.15) is 0 Å². The summed E-state index contributed by atoms with van der Waals surface area (Å²) in [6.45, 7) is 4.74. The maximum absolute atomic E-state index is 5.46. The molecule has 0 spiro atoms. The second kappa shape index (κ2) is 4.96. The van der Waals surface area contributed by atoms with Crippen LogP contribution in [0.3, 0.4) is 0 Å². The zero-order valence-electron chi connectivity index (χ0n) is 11.3. The van der Waals surface area contributed by atoms with Gasteiger partial charge in [0.1, 0.15) is 0 Å². The molecule has 1 atom stereocenters. The summed E-state index contributed by atoms with van der Waals surface area (Å²) in [6.07, 6.45) is 1.02. The summed E-state index contributed by atoms with van der Waals surface area (Å²) in [6, 6.07) is 14.8. The SMILES string of the molecule is Cc1cc2c(cc1CC(C)c1ccccc1)OCO2. The van der Waals surface area contributed by atoms with Crippen LogP contribution in [-0.4, -0.2) is 6.79 Å². The first-order valence-corrected chi connectivity index (χ1v) is 6.68. The summed E-state index contributed by atoms with van der Waals surface area (Å²) in [7, 11) is 0. The molecule has 0 amide bonds. The van der Waals surface area contributed by atoms with Crippen molar-refractivity contribution in [1.82, 2.24) is 0 Å². The van der Waals surface area contributed by atoms with Gasteiger partial charge >= 0.3 is 0 Å². The molecule has 0 aromatic heterocycles. The third-order valence-corrected chi connectivity index (χ3v) is 3.73. The highest BCUT2D eigenvalue weighted by molar-refractivity contribution is 5.48. The second-order valence-electron chi connectivity index (χ2n) is 5.15. The number of benzene rings is 2. The molecule has 1 aliphatic heterocycles. The van der Waals surface area contributed by atoms with Gasteiger partial charge in [0, 0.05) is 0 Å². The van der Waals surface area contributed by atoms with E-state index in [1.807, 2.05) is 0 Å². The Morgan fingerprint density at radius 3 is 2.47 bits per heavy atom. The van der Waals surface area contributed by atoms with Crippen molar-refractivity contribution in [3.8, 4) is 11.5 Å². The molecule has 2 nitrogen and oxygen atoms in total. The van der Waals surface area contributed by atoms with E-state index in [1.165, 1.54) is 16.7 Å². The number of hydrogen-bond donors (Lipinski definition) is 0. The van der Waals surface area contributed by atoms with Crippen molar-refractivity contribution in [2.45, 2.75) is 26.2 Å². The fourth-order valence-electron chi connectivity index (χ4n) is 2.53. The maximum atomic E-state index is 5.46. The molecule has 0 bridgehead atoms. The number of rotatable bonds is 3. The summed E-state index contributed by atoms with van der Waals surface area (Å²) in [5, 5.41) is 0. The standard InChI is InChI=1S/C17H18O2/c1-12(14-6-4-3-5-7-14)8-15-10-17-16(9-13(15)2)18-11-19-17/h3-7,9-10,12H,8,11H2,1-2H3. The lowest BCUT2D eigenvalue weighted by atomic mass is 9.91. The van der Waals surface area contributed by atoms with Gasteiger partial charge in [-0.05, 0) is 48.1 Å². The van der Waals surface area contributed by atoms with Crippen molar-refractivity contribution >= 4 is 0 Å². The fraction of sp³-hybridized carbons (Fsp3) is 0.294. The van der Waals surface area contributed by atoms with Crippen molar-refractivity contribution in [3.05, 3.63) is 59.2 Å². The van der Waals surface area contributed by atoms with Crippen LogP contribution in [0.2, 0.25) is 0 Å². The van der Waals surface area contributed by atoms with Gasteiger partial charge in [-0.25, -0.2) is 0 Å². The molecule has 0 fully saturated rings. The Morgan fingerprint density at radius 2 is 1.74 bits per heavy atom. The lowest BCUT2D eigenvalue weighted by molar-refractivity contribution is 0.174. The van der Waals surface area contributed by atoms with Crippen LogP contribution >= 0.6 is 0 Å². The van der Waals surface area contributed by atoms with E-state index >= 15 is 0 Å². The molecular formula is C17H18O2. The molecule has 2 aromatic rings. The minimum Gasteiger partial charge on any atom is -0.454 e. The number of fused-ring (bicyclic) bond motifs is 1. The predicted octanol–water partition coefficient (Wildman–Crippen LogP) is 4.07. The Labute approximate surface area is 114 Å². The van der Waals surface area contributed by atoms with E-state index in [2.05, 4.69) is 56.3 Å². The molecule has 1 heterocycles. The minimum atomic E-state index is 0.340. The molecule has 2 heteroatoms. The van der Waals surface area contributed by atoms with Crippen LogP contribution in [-0.2, 0) is 6.42 Å². The molecule has 19 heavy (non-hydrogen) atoms. The Kier molecular flexibility index (Phi) is 3.16. The molecule has 0 aliphatic carbocycles. The van der Waals surface area contributed by atoms with Crippen LogP contribution in [0.15, 0.2) is 42.5 Å². The highest BCUT2D eigenvalue weighted by Gasteiger charge is 2.17. The molecule has 0 saturated carbocycles. The first-order valence-electron chi connectivity index (χ1n) is 6.68. The molecule has 1 unspecified atom stereocenters. The monoisotopic (exact) mass is 254 g/mol. The summed E-state index contributed by atoms with van der Waals surface area (Å²) in [5.74, 6) is 2.25. The van der Waals surface area contributed by atoms with E-state index in [0.29, 0.717) is 12.7 Å². The van der Waals surface area contributed by atoms with Gasteiger partial charge in [-0.3, -0.25) is 0 Å². The van der Waals surface area contributed by atoms with Crippen molar-refractivity contribution < 1.29 is 9.47 Å². The lowest BCUT2D eigenvalue weighted by Crippen LogP contribution is -2.00. The minimum absolute atomic E-state index is 0.340. The van der Waals surface area contributed by atoms with E-state index in [1.54, 1.807) is 0 Å². The summed E-state index contributed by atoms with van der Waals surface area (Å²) >= 11 is 0. The van der Waals surface area contributed by atoms with Crippen LogP contribution < -0.4 is 9.47 Å². The van der Waals surface area contributed by atoms with E-state index in [4.69, 9.17) is 9.47 Å². The molecule has 0 saturated heterocycles. The zero-order valence-corrected chi connectivity index (χ0v) is 11.3. The van der Waals surface area contributed by atoms with Crippen molar-refractivity contribution in [2.75, 3.05) is 6.79 Å². The van der Waals surface area contributed by atoms with Crippen molar-refractivity contribution in [1.29, 1.82) is 0 Å². The smallest absolute Gasteiger partial charge is 0.231 e. The summed E-state index contributed by atoms with van der Waals surface area (Å²) in [4.78, 5) is 0. The molecule has 98 valence electrons. The van der Waals surface area contributed by atoms with Gasteiger partial charge in [0.2, 0.25) is 6.79 Å². The Balaban J connectivity index is 1.84. The molecule has 1 aliphatic rings. The van der Waals surface area contributed by atoms with Crippen LogP contribution in [0.25, 0.3) is 0 Å². The zero-order chi connectivity index (χ0) is 13.2. The van der Waals surface area contributed by atoms with Gasteiger partial charge < -0.3 is 9.47 Å². The van der Waals surface area contributed by atoms with E-state index in [0.717, 1.165) is 17.9 Å². The van der Waals surface area contributed by atoms with Gasteiger partial charge in [0.15, 0.2) is 11.5 Å². The normalized spacial score (nSPS) is 14.4. The summed E-state index contributed by atoms with van der Waals surface area (Å²) < 4.78 is 10.9. The average molecular weight is 254 g/mol. The van der Waals surface area contributed by atoms with Gasteiger partial charge in [-0.15, -0.1) is 0 Å². The predicted molar refractivity (Wildman–Crippen MR) is 75.9 cm³/mol. The first kappa shape index (κ1) is 12.1. The Hall–Kier alpha value is -1.96. The second-order valence-corrected chi connectivity index (χ2v) is 5.15. The Bertz CT molecular complexity index is 575. The maximum Gasteiger partial charge on any atom is 0.231 e. The largest absolute Gasteiger partial charge is 0.454 e. The van der Waals surface area contributed by atoms with Crippen molar-refractivity contribution in [2.24, 2.45) is 0 Å². The van der Waals surface area contributed by atoms with Gasteiger partial charge in [0.05, 0.1) is 0 Å². The molecule has 2 aromatic carbocycles. The molecule has 0 radical (unpaired) electrons. The number of hydrogen-bond acceptors (Lipinski definition) is 2. The highest BCUT2D eigenvalue weighted by atomic mass is 16.7. The topological polar surface area (TPSA) is 18.5 Å². The van der Waals surface area contributed by atoms with E-state index in [9.17, 15) is 0 Å². The number of ether oxygens (including phenoxy) is 2. The summed E-state index contributed by atoms with van der Waals surface area (Å²) in [5.41, 5.74) is 3.98. The van der Waals surface area contributed by atoms with E-state index in [-0.39, 0.29) is 0 Å². The first-order chi connectivity index (χ1) is 9.24. The van der Waals surface area contributed by atoms with Gasteiger partial charge in [-0.1, -0.05) is 37.3 Å². The van der Waals surface area contributed by atoms with Crippen molar-refractivity contribution in [3.63, 3.8) is 0 Å². The van der Waals surface area contributed by atoms with E-state index < -0.39 is 0 Å². The molecular weight excluding hydrogens is 236 g/mol. The molecule has 3 rings (SSSR count). The molecule has 0 N–H and O–H groups in total. The van der Waals surface area contributed by atoms with Crippen LogP contribution in [0.4, 0.5) is 0 Å².